The average molecular weight is 308 g/mol. The molecule has 0 unspecified atom stereocenters. The lowest BCUT2D eigenvalue weighted by molar-refractivity contribution is 0.698. The summed E-state index contributed by atoms with van der Waals surface area (Å²) in [6, 6.07) is 0. The number of hydrogen-bond acceptors (Lipinski definition) is 0. The molecule has 0 atom stereocenters. The first-order valence-electron chi connectivity index (χ1n) is 8.52. The zero-order valence-corrected chi connectivity index (χ0v) is 15.4. The zero-order chi connectivity index (χ0) is 14.6. The van der Waals surface area contributed by atoms with Gasteiger partial charge in [-0.15, -0.1) is 11.6 Å². The maximum atomic E-state index is 5.38. The van der Waals surface area contributed by atoms with E-state index in [2.05, 4.69) is 20.8 Å². The van der Waals surface area contributed by atoms with Crippen LogP contribution in [0, 0.1) is 0 Å². The third-order valence-corrected chi connectivity index (χ3v) is 4.61. The van der Waals surface area contributed by atoms with Gasteiger partial charge in [0, 0.05) is 5.88 Å². The van der Waals surface area contributed by atoms with E-state index in [0.717, 1.165) is 5.88 Å². The largest absolute Gasteiger partial charge is 0.127 e. The molecule has 0 spiro atoms. The van der Waals surface area contributed by atoms with E-state index in [0.29, 0.717) is 0 Å². The Hall–Kier alpha value is 0.720. The molecule has 2 heteroatoms. The number of rotatable bonds is 13. The van der Waals surface area contributed by atoms with Crippen molar-refractivity contribution in [3.63, 3.8) is 0 Å². The van der Waals surface area contributed by atoms with Crippen LogP contribution in [0.1, 0.15) is 91.4 Å². The molecule has 0 rings (SSSR count). The summed E-state index contributed by atoms with van der Waals surface area (Å²) in [5, 5.41) is 0. The van der Waals surface area contributed by atoms with E-state index in [4.69, 9.17) is 11.6 Å². The minimum atomic E-state index is 0.827. The zero-order valence-electron chi connectivity index (χ0n) is 13.7. The minimum Gasteiger partial charge on any atom is -0.127 e. The molecule has 0 N–H and O–H groups in total. The molecule has 0 aromatic heterocycles. The van der Waals surface area contributed by atoms with Crippen molar-refractivity contribution in [2.24, 2.45) is 0 Å². The van der Waals surface area contributed by atoms with Crippen LogP contribution in [0.2, 0.25) is 0 Å². The fourth-order valence-corrected chi connectivity index (χ4v) is 3.06. The van der Waals surface area contributed by atoms with Gasteiger partial charge in [-0.2, -0.15) is 0 Å². The fourth-order valence-electron chi connectivity index (χ4n) is 1.76. The Balaban J connectivity index is 0. The normalized spacial score (nSPS) is 10.1. The molecule has 117 valence electrons. The Kier molecular flexibility index (Phi) is 27.6. The summed E-state index contributed by atoms with van der Waals surface area (Å²) in [6.45, 7) is 6.73. The molecule has 0 nitrogen and oxygen atoms in total. The second-order valence-corrected chi connectivity index (χ2v) is 6.91. The highest BCUT2D eigenvalue weighted by molar-refractivity contribution is 7.37. The molecular formula is C17H37ClP. The number of halogens is 1. The van der Waals surface area contributed by atoms with Gasteiger partial charge >= 0.3 is 0 Å². The van der Waals surface area contributed by atoms with Crippen LogP contribution in [0.5, 0.6) is 0 Å². The van der Waals surface area contributed by atoms with Gasteiger partial charge in [0.2, 0.25) is 0 Å². The second kappa shape index (κ2) is 23.8. The van der Waals surface area contributed by atoms with Crippen LogP contribution in [0.3, 0.4) is 0 Å². The molecule has 0 aromatic carbocycles. The molecule has 0 aliphatic carbocycles. The molecular weight excluding hydrogens is 271 g/mol. The summed E-state index contributed by atoms with van der Waals surface area (Å²) in [6.07, 6.45) is 18.1. The van der Waals surface area contributed by atoms with Crippen molar-refractivity contribution < 1.29 is 0 Å². The lowest BCUT2D eigenvalue weighted by Crippen LogP contribution is -1.83. The highest BCUT2D eigenvalue weighted by atomic mass is 35.5. The van der Waals surface area contributed by atoms with Gasteiger partial charge in [0.15, 0.2) is 0 Å². The molecule has 0 aromatic rings. The van der Waals surface area contributed by atoms with E-state index >= 15 is 0 Å². The Labute approximate surface area is 130 Å². The van der Waals surface area contributed by atoms with Crippen LogP contribution in [-0.2, 0) is 0 Å². The summed E-state index contributed by atoms with van der Waals surface area (Å²) < 4.78 is 0. The maximum absolute atomic E-state index is 5.38. The SMILES string of the molecule is CCCCCC[P]CCCCCC.CCCCCCl. The van der Waals surface area contributed by atoms with E-state index in [1.807, 2.05) is 0 Å². The monoisotopic (exact) mass is 307 g/mol. The minimum absolute atomic E-state index is 0.827. The van der Waals surface area contributed by atoms with Crippen LogP contribution in [-0.4, -0.2) is 18.2 Å². The van der Waals surface area contributed by atoms with Crippen molar-refractivity contribution in [2.75, 3.05) is 18.2 Å². The van der Waals surface area contributed by atoms with E-state index in [1.54, 1.807) is 8.58 Å². The standard InChI is InChI=1S/C12H26P.C5H11Cl/c1-3-5-7-9-11-13-12-10-8-6-4-2;1-2-3-4-5-6/h3-12H2,1-2H3;2-5H2,1H3. The lowest BCUT2D eigenvalue weighted by Gasteiger charge is -2.00. The molecule has 0 aliphatic heterocycles. The van der Waals surface area contributed by atoms with Gasteiger partial charge in [-0.1, -0.05) is 80.7 Å². The van der Waals surface area contributed by atoms with Gasteiger partial charge in [0.1, 0.15) is 0 Å². The van der Waals surface area contributed by atoms with Crippen molar-refractivity contribution in [3.8, 4) is 0 Å². The molecule has 0 fully saturated rings. The van der Waals surface area contributed by atoms with Gasteiger partial charge in [-0.25, -0.2) is 0 Å². The second-order valence-electron chi connectivity index (χ2n) is 5.19. The van der Waals surface area contributed by atoms with Crippen molar-refractivity contribution in [1.82, 2.24) is 0 Å². The average Bonchev–Trinajstić information content (AvgIpc) is 2.44. The van der Waals surface area contributed by atoms with Crippen molar-refractivity contribution in [1.29, 1.82) is 0 Å². The van der Waals surface area contributed by atoms with E-state index in [-0.39, 0.29) is 0 Å². The Morgan fingerprint density at radius 2 is 1.00 bits per heavy atom. The number of alkyl halides is 1. The third kappa shape index (κ3) is 27.8. The first kappa shape index (κ1) is 22.0. The van der Waals surface area contributed by atoms with Gasteiger partial charge in [-0.3, -0.25) is 0 Å². The maximum Gasteiger partial charge on any atom is 0.0223 e. The first-order valence-corrected chi connectivity index (χ1v) is 10.3. The number of unbranched alkanes of at least 4 members (excludes halogenated alkanes) is 8. The van der Waals surface area contributed by atoms with Gasteiger partial charge in [0.25, 0.3) is 0 Å². The molecule has 0 bridgehead atoms. The summed E-state index contributed by atoms with van der Waals surface area (Å²) in [5.41, 5.74) is 0. The fraction of sp³-hybridized carbons (Fsp3) is 1.00. The predicted molar refractivity (Wildman–Crippen MR) is 95.2 cm³/mol. The highest BCUT2D eigenvalue weighted by Crippen LogP contribution is 2.16. The highest BCUT2D eigenvalue weighted by Gasteiger charge is 1.91. The van der Waals surface area contributed by atoms with Crippen molar-refractivity contribution in [2.45, 2.75) is 91.4 Å². The topological polar surface area (TPSA) is 0 Å². The summed E-state index contributed by atoms with van der Waals surface area (Å²) in [7, 11) is 1.70. The van der Waals surface area contributed by atoms with Crippen molar-refractivity contribution in [3.05, 3.63) is 0 Å². The molecule has 19 heavy (non-hydrogen) atoms. The summed E-state index contributed by atoms with van der Waals surface area (Å²) in [4.78, 5) is 0. The molecule has 0 saturated heterocycles. The van der Waals surface area contributed by atoms with Gasteiger partial charge < -0.3 is 0 Å². The number of hydrogen-bond donors (Lipinski definition) is 0. The van der Waals surface area contributed by atoms with E-state index in [1.165, 1.54) is 83.0 Å². The predicted octanol–water partition coefficient (Wildman–Crippen LogP) is 7.51. The van der Waals surface area contributed by atoms with E-state index < -0.39 is 0 Å². The van der Waals surface area contributed by atoms with Crippen LogP contribution in [0.15, 0.2) is 0 Å². The Bertz CT molecular complexity index is 114. The molecule has 0 saturated carbocycles. The Morgan fingerprint density at radius 3 is 1.32 bits per heavy atom. The molecule has 0 heterocycles. The van der Waals surface area contributed by atoms with Gasteiger partial charge in [-0.05, 0) is 31.6 Å². The van der Waals surface area contributed by atoms with Crippen molar-refractivity contribution >= 4 is 20.2 Å². The molecule has 0 aliphatic rings. The third-order valence-electron chi connectivity index (χ3n) is 3.08. The van der Waals surface area contributed by atoms with Crippen LogP contribution >= 0.6 is 20.2 Å². The van der Waals surface area contributed by atoms with Crippen LogP contribution in [0.4, 0.5) is 0 Å². The van der Waals surface area contributed by atoms with Gasteiger partial charge in [0.05, 0.1) is 0 Å². The first-order chi connectivity index (χ1) is 9.33. The quantitative estimate of drug-likeness (QED) is 0.188. The molecule has 0 amide bonds. The summed E-state index contributed by atoms with van der Waals surface area (Å²) >= 11 is 5.38. The van der Waals surface area contributed by atoms with Crippen LogP contribution in [0.25, 0.3) is 0 Å². The molecule has 1 radical (unpaired) electrons. The summed E-state index contributed by atoms with van der Waals surface area (Å²) in [5.74, 6) is 0.827. The lowest BCUT2D eigenvalue weighted by atomic mass is 10.2. The Morgan fingerprint density at radius 1 is 0.579 bits per heavy atom. The smallest absolute Gasteiger partial charge is 0.0223 e. The van der Waals surface area contributed by atoms with Crippen LogP contribution < -0.4 is 0 Å². The van der Waals surface area contributed by atoms with E-state index in [9.17, 15) is 0 Å².